The Kier molecular flexibility index (Phi) is 5.66. The SMILES string of the molecule is COc1ccccc1Oc1ncccc1CNC(=O)c1ccc(Cl)cn1. The molecule has 0 aliphatic rings. The molecule has 0 atom stereocenters. The van der Waals surface area contributed by atoms with Gasteiger partial charge in [-0.2, -0.15) is 0 Å². The Hall–Kier alpha value is -3.12. The third-order valence-electron chi connectivity index (χ3n) is 3.53. The molecule has 2 heterocycles. The van der Waals surface area contributed by atoms with Crippen LogP contribution in [0.25, 0.3) is 0 Å². The number of aromatic nitrogens is 2. The van der Waals surface area contributed by atoms with Crippen molar-refractivity contribution in [1.82, 2.24) is 15.3 Å². The van der Waals surface area contributed by atoms with Crippen molar-refractivity contribution in [3.63, 3.8) is 0 Å². The lowest BCUT2D eigenvalue weighted by atomic mass is 10.2. The fourth-order valence-corrected chi connectivity index (χ4v) is 2.35. The summed E-state index contributed by atoms with van der Waals surface area (Å²) in [7, 11) is 1.57. The quantitative estimate of drug-likeness (QED) is 0.714. The van der Waals surface area contributed by atoms with Crippen molar-refractivity contribution in [2.45, 2.75) is 6.54 Å². The number of rotatable bonds is 6. The summed E-state index contributed by atoms with van der Waals surface area (Å²) in [6.45, 7) is 0.238. The molecule has 0 aliphatic heterocycles. The van der Waals surface area contributed by atoms with Gasteiger partial charge in [-0.1, -0.05) is 29.8 Å². The van der Waals surface area contributed by atoms with Crippen molar-refractivity contribution in [3.05, 3.63) is 77.2 Å². The van der Waals surface area contributed by atoms with E-state index in [9.17, 15) is 4.79 Å². The number of amides is 1. The normalized spacial score (nSPS) is 10.2. The first-order chi connectivity index (χ1) is 12.7. The van der Waals surface area contributed by atoms with E-state index in [2.05, 4.69) is 15.3 Å². The molecule has 6 nitrogen and oxygen atoms in total. The van der Waals surface area contributed by atoms with Crippen molar-refractivity contribution < 1.29 is 14.3 Å². The van der Waals surface area contributed by atoms with Crippen LogP contribution in [0, 0.1) is 0 Å². The Bertz CT molecular complexity index is 901. The minimum absolute atomic E-state index is 0.238. The Labute approximate surface area is 155 Å². The lowest BCUT2D eigenvalue weighted by Gasteiger charge is -2.12. The number of nitrogens with one attached hydrogen (secondary N) is 1. The number of para-hydroxylation sites is 2. The maximum Gasteiger partial charge on any atom is 0.270 e. The van der Waals surface area contributed by atoms with Gasteiger partial charge in [0.25, 0.3) is 5.91 Å². The maximum absolute atomic E-state index is 12.2. The average Bonchev–Trinajstić information content (AvgIpc) is 2.68. The second kappa shape index (κ2) is 8.31. The molecule has 132 valence electrons. The zero-order valence-corrected chi connectivity index (χ0v) is 14.7. The van der Waals surface area contributed by atoms with E-state index in [1.54, 1.807) is 43.6 Å². The predicted octanol–water partition coefficient (Wildman–Crippen LogP) is 3.86. The van der Waals surface area contributed by atoms with Crippen molar-refractivity contribution in [3.8, 4) is 17.4 Å². The molecule has 7 heteroatoms. The Morgan fingerprint density at radius 1 is 1.08 bits per heavy atom. The molecule has 2 aromatic heterocycles. The smallest absolute Gasteiger partial charge is 0.270 e. The van der Waals surface area contributed by atoms with Crippen LogP contribution in [-0.4, -0.2) is 23.0 Å². The van der Waals surface area contributed by atoms with Gasteiger partial charge in [0.1, 0.15) is 5.69 Å². The lowest BCUT2D eigenvalue weighted by molar-refractivity contribution is 0.0945. The van der Waals surface area contributed by atoms with Crippen LogP contribution >= 0.6 is 11.6 Å². The molecule has 0 bridgehead atoms. The average molecular weight is 370 g/mol. The van der Waals surface area contributed by atoms with E-state index in [1.807, 2.05) is 18.2 Å². The molecule has 1 amide bonds. The molecule has 3 aromatic rings. The zero-order valence-electron chi connectivity index (χ0n) is 14.0. The zero-order chi connectivity index (χ0) is 18.4. The third kappa shape index (κ3) is 4.29. The van der Waals surface area contributed by atoms with E-state index < -0.39 is 0 Å². The highest BCUT2D eigenvalue weighted by molar-refractivity contribution is 6.30. The van der Waals surface area contributed by atoms with Gasteiger partial charge in [0.15, 0.2) is 11.5 Å². The molecule has 1 aromatic carbocycles. The van der Waals surface area contributed by atoms with Gasteiger partial charge in [-0.25, -0.2) is 9.97 Å². The third-order valence-corrected chi connectivity index (χ3v) is 3.75. The number of methoxy groups -OCH3 is 1. The minimum atomic E-state index is -0.311. The van der Waals surface area contributed by atoms with E-state index in [-0.39, 0.29) is 18.1 Å². The van der Waals surface area contributed by atoms with Crippen molar-refractivity contribution in [2.75, 3.05) is 7.11 Å². The molecular formula is C19H16ClN3O3. The second-order valence-electron chi connectivity index (χ2n) is 5.26. The van der Waals surface area contributed by atoms with Gasteiger partial charge >= 0.3 is 0 Å². The predicted molar refractivity (Wildman–Crippen MR) is 97.7 cm³/mol. The maximum atomic E-state index is 12.2. The molecule has 0 saturated carbocycles. The van der Waals surface area contributed by atoms with E-state index >= 15 is 0 Å². The molecule has 0 unspecified atom stereocenters. The second-order valence-corrected chi connectivity index (χ2v) is 5.70. The number of hydrogen-bond donors (Lipinski definition) is 1. The summed E-state index contributed by atoms with van der Waals surface area (Å²) in [5.41, 5.74) is 1.01. The van der Waals surface area contributed by atoms with Gasteiger partial charge < -0.3 is 14.8 Å². The molecule has 26 heavy (non-hydrogen) atoms. The van der Waals surface area contributed by atoms with Crippen LogP contribution in [0.5, 0.6) is 17.4 Å². The highest BCUT2D eigenvalue weighted by atomic mass is 35.5. The summed E-state index contributed by atoms with van der Waals surface area (Å²) in [6, 6.07) is 14.1. The van der Waals surface area contributed by atoms with Crippen LogP contribution in [-0.2, 0) is 6.54 Å². The van der Waals surface area contributed by atoms with Crippen molar-refractivity contribution in [1.29, 1.82) is 0 Å². The first-order valence-electron chi connectivity index (χ1n) is 7.82. The summed E-state index contributed by atoms with van der Waals surface area (Å²) in [5.74, 6) is 1.22. The number of hydrogen-bond acceptors (Lipinski definition) is 5. The van der Waals surface area contributed by atoms with E-state index in [1.165, 1.54) is 6.20 Å². The fraction of sp³-hybridized carbons (Fsp3) is 0.105. The molecule has 0 fully saturated rings. The lowest BCUT2D eigenvalue weighted by Crippen LogP contribution is -2.24. The molecular weight excluding hydrogens is 354 g/mol. The number of carbonyl (C=O) groups is 1. The number of ether oxygens (including phenoxy) is 2. The van der Waals surface area contributed by atoms with Gasteiger partial charge in [-0.15, -0.1) is 0 Å². The highest BCUT2D eigenvalue weighted by Crippen LogP contribution is 2.31. The first kappa shape index (κ1) is 17.7. The number of benzene rings is 1. The molecule has 3 rings (SSSR count). The van der Waals surface area contributed by atoms with E-state index in [4.69, 9.17) is 21.1 Å². The molecule has 0 aliphatic carbocycles. The van der Waals surface area contributed by atoms with Gasteiger partial charge in [0, 0.05) is 24.5 Å². The number of nitrogens with zero attached hydrogens (tertiary/aromatic N) is 2. The van der Waals surface area contributed by atoms with Crippen LogP contribution < -0.4 is 14.8 Å². The monoisotopic (exact) mass is 369 g/mol. The number of carbonyl (C=O) groups excluding carboxylic acids is 1. The molecule has 0 saturated heterocycles. The Morgan fingerprint density at radius 2 is 1.88 bits per heavy atom. The molecule has 0 spiro atoms. The first-order valence-corrected chi connectivity index (χ1v) is 8.19. The topological polar surface area (TPSA) is 73.3 Å². The van der Waals surface area contributed by atoms with E-state index in [0.29, 0.717) is 22.4 Å². The largest absolute Gasteiger partial charge is 0.493 e. The van der Waals surface area contributed by atoms with Crippen molar-refractivity contribution >= 4 is 17.5 Å². The fourth-order valence-electron chi connectivity index (χ4n) is 2.23. The Balaban J connectivity index is 1.73. The standard InChI is InChI=1S/C19H16ClN3O3/c1-25-16-6-2-3-7-17(16)26-19-13(5-4-10-21-19)11-23-18(24)15-9-8-14(20)12-22-15/h2-10,12H,11H2,1H3,(H,23,24). The highest BCUT2D eigenvalue weighted by Gasteiger charge is 2.12. The van der Waals surface area contributed by atoms with E-state index in [0.717, 1.165) is 5.56 Å². The van der Waals surface area contributed by atoms with Gasteiger partial charge in [-0.3, -0.25) is 4.79 Å². The van der Waals surface area contributed by atoms with Gasteiger partial charge in [0.2, 0.25) is 5.88 Å². The molecule has 0 radical (unpaired) electrons. The summed E-state index contributed by atoms with van der Waals surface area (Å²) in [4.78, 5) is 20.4. The van der Waals surface area contributed by atoms with Gasteiger partial charge in [0.05, 0.1) is 12.1 Å². The van der Waals surface area contributed by atoms with Crippen molar-refractivity contribution in [2.24, 2.45) is 0 Å². The number of halogens is 1. The minimum Gasteiger partial charge on any atom is -0.493 e. The van der Waals surface area contributed by atoms with Crippen LogP contribution in [0.1, 0.15) is 16.1 Å². The Morgan fingerprint density at radius 3 is 2.62 bits per heavy atom. The van der Waals surface area contributed by atoms with Crippen LogP contribution in [0.2, 0.25) is 5.02 Å². The summed E-state index contributed by atoms with van der Waals surface area (Å²) in [6.07, 6.45) is 3.05. The number of pyridine rings is 2. The summed E-state index contributed by atoms with van der Waals surface area (Å²) >= 11 is 5.78. The van der Waals surface area contributed by atoms with Crippen LogP contribution in [0.3, 0.4) is 0 Å². The van der Waals surface area contributed by atoms with Gasteiger partial charge in [-0.05, 0) is 30.3 Å². The van der Waals surface area contributed by atoms with Crippen LogP contribution in [0.4, 0.5) is 0 Å². The summed E-state index contributed by atoms with van der Waals surface area (Å²) in [5, 5.41) is 3.27. The summed E-state index contributed by atoms with van der Waals surface area (Å²) < 4.78 is 11.1. The van der Waals surface area contributed by atoms with Crippen LogP contribution in [0.15, 0.2) is 60.9 Å². The molecule has 1 N–H and O–H groups in total.